The van der Waals surface area contributed by atoms with Gasteiger partial charge in [0.2, 0.25) is 10.0 Å². The lowest BCUT2D eigenvalue weighted by Crippen LogP contribution is -2.24. The molecule has 106 valence electrons. The van der Waals surface area contributed by atoms with Crippen molar-refractivity contribution in [2.75, 3.05) is 5.73 Å². The Balaban J connectivity index is 2.19. The van der Waals surface area contributed by atoms with Crippen molar-refractivity contribution in [2.24, 2.45) is 0 Å². The lowest BCUT2D eigenvalue weighted by molar-refractivity contribution is 0.580. The first kappa shape index (κ1) is 14.5. The maximum atomic E-state index is 12.3. The molecule has 0 aliphatic rings. The maximum absolute atomic E-state index is 12.3. The van der Waals surface area contributed by atoms with Gasteiger partial charge in [0.25, 0.3) is 0 Å². The number of benzene rings is 1. The van der Waals surface area contributed by atoms with E-state index in [-0.39, 0.29) is 11.4 Å². The smallest absolute Gasteiger partial charge is 0.241 e. The highest BCUT2D eigenvalue weighted by molar-refractivity contribution is 7.89. The zero-order valence-corrected chi connectivity index (χ0v) is 12.2. The fourth-order valence-electron chi connectivity index (χ4n) is 1.78. The normalized spacial score (nSPS) is 11.5. The van der Waals surface area contributed by atoms with E-state index in [1.165, 1.54) is 0 Å². The Hall–Kier alpha value is -1.92. The van der Waals surface area contributed by atoms with Crippen LogP contribution in [0.5, 0.6) is 0 Å². The Bertz CT molecular complexity index is 710. The molecule has 2 rings (SSSR count). The molecule has 0 amide bonds. The van der Waals surface area contributed by atoms with Gasteiger partial charge >= 0.3 is 0 Å². The number of aromatic nitrogens is 1. The van der Waals surface area contributed by atoms with Gasteiger partial charge in [0, 0.05) is 24.1 Å². The van der Waals surface area contributed by atoms with Gasteiger partial charge in [0.05, 0.1) is 4.90 Å². The Morgan fingerprint density at radius 2 is 1.95 bits per heavy atom. The van der Waals surface area contributed by atoms with Crippen LogP contribution in [-0.4, -0.2) is 13.4 Å². The molecule has 5 nitrogen and oxygen atoms in total. The highest BCUT2D eigenvalue weighted by Gasteiger charge is 2.17. The average molecular weight is 291 g/mol. The van der Waals surface area contributed by atoms with Gasteiger partial charge in [-0.15, -0.1) is 0 Å². The molecule has 0 saturated carbocycles. The first-order valence-electron chi connectivity index (χ1n) is 6.16. The van der Waals surface area contributed by atoms with Gasteiger partial charge in [-0.2, -0.15) is 0 Å². The van der Waals surface area contributed by atoms with Crippen LogP contribution in [0.15, 0.2) is 41.4 Å². The molecule has 1 aromatic carbocycles. The quantitative estimate of drug-likeness (QED) is 0.841. The average Bonchev–Trinajstić information content (AvgIpc) is 2.41. The second kappa shape index (κ2) is 5.60. The van der Waals surface area contributed by atoms with Crippen molar-refractivity contribution < 1.29 is 8.42 Å². The molecule has 0 spiro atoms. The highest BCUT2D eigenvalue weighted by Crippen LogP contribution is 2.20. The van der Waals surface area contributed by atoms with Gasteiger partial charge in [0.1, 0.15) is 0 Å². The largest absolute Gasteiger partial charge is 0.398 e. The van der Waals surface area contributed by atoms with E-state index in [9.17, 15) is 8.42 Å². The van der Waals surface area contributed by atoms with Crippen molar-refractivity contribution in [1.82, 2.24) is 9.71 Å². The zero-order chi connectivity index (χ0) is 14.8. The molecule has 6 heteroatoms. The lowest BCUT2D eigenvalue weighted by Gasteiger charge is -2.10. The molecule has 0 bridgehead atoms. The first-order chi connectivity index (χ1) is 9.40. The van der Waals surface area contributed by atoms with Gasteiger partial charge < -0.3 is 5.73 Å². The van der Waals surface area contributed by atoms with E-state index >= 15 is 0 Å². The van der Waals surface area contributed by atoms with Crippen LogP contribution < -0.4 is 10.5 Å². The molecule has 1 heterocycles. The minimum atomic E-state index is -3.58. The van der Waals surface area contributed by atoms with Crippen LogP contribution in [0.25, 0.3) is 0 Å². The van der Waals surface area contributed by atoms with Crippen molar-refractivity contribution in [3.63, 3.8) is 0 Å². The number of nitrogens with two attached hydrogens (primary N) is 1. The summed E-state index contributed by atoms with van der Waals surface area (Å²) in [6.07, 6.45) is 1.66. The fraction of sp³-hybridized carbons (Fsp3) is 0.214. The van der Waals surface area contributed by atoms with Crippen molar-refractivity contribution in [3.05, 3.63) is 53.3 Å². The molecule has 0 radical (unpaired) electrons. The lowest BCUT2D eigenvalue weighted by atomic mass is 10.2. The van der Waals surface area contributed by atoms with Crippen LogP contribution in [0.3, 0.4) is 0 Å². The number of hydrogen-bond acceptors (Lipinski definition) is 4. The molecular weight excluding hydrogens is 274 g/mol. The molecule has 0 fully saturated rings. The number of aryl methyl sites for hydroxylation is 1. The summed E-state index contributed by atoms with van der Waals surface area (Å²) >= 11 is 0. The number of nitrogens with zero attached hydrogens (tertiary/aromatic N) is 1. The van der Waals surface area contributed by atoms with Crippen molar-refractivity contribution in [3.8, 4) is 0 Å². The summed E-state index contributed by atoms with van der Waals surface area (Å²) < 4.78 is 27.1. The van der Waals surface area contributed by atoms with E-state index in [1.807, 2.05) is 19.1 Å². The van der Waals surface area contributed by atoms with Crippen LogP contribution in [0.1, 0.15) is 16.8 Å². The number of hydrogen-bond donors (Lipinski definition) is 2. The summed E-state index contributed by atoms with van der Waals surface area (Å²) in [4.78, 5) is 4.34. The van der Waals surface area contributed by atoms with Crippen molar-refractivity contribution in [1.29, 1.82) is 0 Å². The topological polar surface area (TPSA) is 85.1 Å². The molecule has 0 aliphatic carbocycles. The molecule has 0 unspecified atom stereocenters. The monoisotopic (exact) mass is 291 g/mol. The highest BCUT2D eigenvalue weighted by atomic mass is 32.2. The standard InChI is InChI=1S/C14H17N3O2S/c1-10-6-7-12(8-16-10)9-17-20(18,19)14-5-3-4-13(15)11(14)2/h3-8,17H,9,15H2,1-2H3. The van der Waals surface area contributed by atoms with E-state index in [4.69, 9.17) is 5.73 Å². The van der Waals surface area contributed by atoms with Crippen molar-refractivity contribution in [2.45, 2.75) is 25.3 Å². The molecule has 2 aromatic rings. The van der Waals surface area contributed by atoms with Crippen LogP contribution in [0.2, 0.25) is 0 Å². The number of sulfonamides is 1. The van der Waals surface area contributed by atoms with E-state index in [0.29, 0.717) is 11.3 Å². The van der Waals surface area contributed by atoms with Crippen LogP contribution >= 0.6 is 0 Å². The number of pyridine rings is 1. The fourth-order valence-corrected chi connectivity index (χ4v) is 3.07. The predicted molar refractivity (Wildman–Crippen MR) is 78.6 cm³/mol. The summed E-state index contributed by atoms with van der Waals surface area (Å²) in [6, 6.07) is 8.54. The molecule has 3 N–H and O–H groups in total. The third-order valence-corrected chi connectivity index (χ3v) is 4.60. The predicted octanol–water partition coefficient (Wildman–Crippen LogP) is 1.76. The van der Waals surface area contributed by atoms with Crippen LogP contribution in [0.4, 0.5) is 5.69 Å². The number of nitrogen functional groups attached to an aromatic ring is 1. The van der Waals surface area contributed by atoms with Gasteiger partial charge in [-0.05, 0) is 43.2 Å². The van der Waals surface area contributed by atoms with E-state index < -0.39 is 10.0 Å². The van der Waals surface area contributed by atoms with E-state index in [2.05, 4.69) is 9.71 Å². The third-order valence-electron chi connectivity index (χ3n) is 3.05. The Labute approximate surface area is 118 Å². The Morgan fingerprint density at radius 3 is 2.60 bits per heavy atom. The molecule has 20 heavy (non-hydrogen) atoms. The zero-order valence-electron chi connectivity index (χ0n) is 11.4. The van der Waals surface area contributed by atoms with Gasteiger partial charge in [0.15, 0.2) is 0 Å². The van der Waals surface area contributed by atoms with Crippen molar-refractivity contribution >= 4 is 15.7 Å². The van der Waals surface area contributed by atoms with Gasteiger partial charge in [-0.1, -0.05) is 12.1 Å². The summed E-state index contributed by atoms with van der Waals surface area (Å²) in [6.45, 7) is 3.77. The molecule has 0 aliphatic heterocycles. The summed E-state index contributed by atoms with van der Waals surface area (Å²) in [5.74, 6) is 0. The Morgan fingerprint density at radius 1 is 1.20 bits per heavy atom. The molecule has 0 saturated heterocycles. The summed E-state index contributed by atoms with van der Waals surface area (Å²) in [7, 11) is -3.58. The van der Waals surface area contributed by atoms with Gasteiger partial charge in [-0.3, -0.25) is 4.98 Å². The SMILES string of the molecule is Cc1ccc(CNS(=O)(=O)c2cccc(N)c2C)cn1. The van der Waals surface area contributed by atoms with Crippen LogP contribution in [-0.2, 0) is 16.6 Å². The molecular formula is C14H17N3O2S. The number of anilines is 1. The first-order valence-corrected chi connectivity index (χ1v) is 7.65. The molecule has 1 aromatic heterocycles. The maximum Gasteiger partial charge on any atom is 0.241 e. The number of rotatable bonds is 4. The van der Waals surface area contributed by atoms with E-state index in [0.717, 1.165) is 11.3 Å². The summed E-state index contributed by atoms with van der Waals surface area (Å²) in [5.41, 5.74) is 8.46. The second-order valence-electron chi connectivity index (χ2n) is 4.60. The second-order valence-corrected chi connectivity index (χ2v) is 6.34. The molecule has 0 atom stereocenters. The number of nitrogens with one attached hydrogen (secondary N) is 1. The van der Waals surface area contributed by atoms with E-state index in [1.54, 1.807) is 31.3 Å². The third kappa shape index (κ3) is 3.15. The Kier molecular flexibility index (Phi) is 4.06. The summed E-state index contributed by atoms with van der Waals surface area (Å²) in [5, 5.41) is 0. The minimum absolute atomic E-state index is 0.198. The van der Waals surface area contributed by atoms with Crippen LogP contribution in [0, 0.1) is 13.8 Å². The van der Waals surface area contributed by atoms with Gasteiger partial charge in [-0.25, -0.2) is 13.1 Å². The minimum Gasteiger partial charge on any atom is -0.398 e.